The molecule has 1 N–H and O–H groups in total. The van der Waals surface area contributed by atoms with Gasteiger partial charge in [-0.25, -0.2) is 0 Å². The molecule has 0 aliphatic carbocycles. The van der Waals surface area contributed by atoms with Crippen molar-refractivity contribution in [2.45, 2.75) is 33.2 Å². The Morgan fingerprint density at radius 2 is 1.89 bits per heavy atom. The lowest BCUT2D eigenvalue weighted by Gasteiger charge is -2.37. The van der Waals surface area contributed by atoms with Crippen LogP contribution in [0.5, 0.6) is 0 Å². The summed E-state index contributed by atoms with van der Waals surface area (Å²) < 4.78 is 0. The summed E-state index contributed by atoms with van der Waals surface area (Å²) >= 11 is 1.97. The van der Waals surface area contributed by atoms with Crippen molar-refractivity contribution in [2.75, 3.05) is 26.2 Å². The zero-order valence-electron chi connectivity index (χ0n) is 12.0. The van der Waals surface area contributed by atoms with Crippen molar-refractivity contribution >= 4 is 36.2 Å². The van der Waals surface area contributed by atoms with E-state index < -0.39 is 0 Å². The Kier molecular flexibility index (Phi) is 9.29. The van der Waals surface area contributed by atoms with Crippen molar-refractivity contribution in [3.05, 3.63) is 21.9 Å². The third-order valence-electron chi connectivity index (χ3n) is 3.78. The number of thiophene rings is 1. The van der Waals surface area contributed by atoms with Crippen LogP contribution in [-0.4, -0.2) is 31.1 Å². The second kappa shape index (κ2) is 9.19. The van der Waals surface area contributed by atoms with E-state index in [0.717, 1.165) is 19.0 Å². The van der Waals surface area contributed by atoms with Crippen molar-refractivity contribution in [1.82, 2.24) is 10.2 Å². The van der Waals surface area contributed by atoms with E-state index in [0.29, 0.717) is 6.04 Å². The lowest BCUT2D eigenvalue weighted by atomic mass is 9.95. The van der Waals surface area contributed by atoms with Gasteiger partial charge >= 0.3 is 0 Å². The highest BCUT2D eigenvalue weighted by atomic mass is 35.5. The van der Waals surface area contributed by atoms with Gasteiger partial charge in [0.2, 0.25) is 0 Å². The van der Waals surface area contributed by atoms with Crippen LogP contribution < -0.4 is 5.32 Å². The van der Waals surface area contributed by atoms with Crippen LogP contribution in [0.2, 0.25) is 0 Å². The van der Waals surface area contributed by atoms with E-state index in [9.17, 15) is 0 Å². The van der Waals surface area contributed by atoms with Crippen molar-refractivity contribution in [3.63, 3.8) is 0 Å². The predicted octanol–water partition coefficient (Wildman–Crippen LogP) is 3.89. The summed E-state index contributed by atoms with van der Waals surface area (Å²) in [6, 6.07) is 5.22. The van der Waals surface area contributed by atoms with Crippen molar-refractivity contribution < 1.29 is 0 Å². The Balaban J connectivity index is 0.00000162. The molecule has 2 heterocycles. The monoisotopic (exact) mass is 324 g/mol. The largest absolute Gasteiger partial charge is 0.314 e. The molecule has 0 spiro atoms. The highest BCUT2D eigenvalue weighted by Gasteiger charge is 2.27. The molecule has 0 amide bonds. The summed E-state index contributed by atoms with van der Waals surface area (Å²) in [6.07, 6.45) is 1.26. The first-order chi connectivity index (χ1) is 8.22. The standard InChI is InChI=1S/C14H24N2S.2ClH/c1-4-11(2)14(13-6-5-12(3)17-13)16-9-7-15-8-10-16;;/h5-6,11,14-15H,4,7-10H2,1-3H3;2*1H/t11?,14-;;/m1../s1. The molecule has 1 saturated heterocycles. The van der Waals surface area contributed by atoms with Gasteiger partial charge in [0.15, 0.2) is 0 Å². The van der Waals surface area contributed by atoms with Crippen LogP contribution >= 0.6 is 36.2 Å². The van der Waals surface area contributed by atoms with Crippen molar-refractivity contribution in [1.29, 1.82) is 0 Å². The molecule has 0 radical (unpaired) electrons. The number of halogens is 2. The highest BCUT2D eigenvalue weighted by Crippen LogP contribution is 2.34. The second-order valence-corrected chi connectivity index (χ2v) is 6.38. The van der Waals surface area contributed by atoms with E-state index in [-0.39, 0.29) is 24.8 Å². The van der Waals surface area contributed by atoms with Gasteiger partial charge in [-0.2, -0.15) is 0 Å². The highest BCUT2D eigenvalue weighted by molar-refractivity contribution is 7.12. The van der Waals surface area contributed by atoms with Gasteiger partial charge in [0.05, 0.1) is 0 Å². The third kappa shape index (κ3) is 4.91. The van der Waals surface area contributed by atoms with Gasteiger partial charge in [0.1, 0.15) is 0 Å². The quantitative estimate of drug-likeness (QED) is 0.903. The maximum atomic E-state index is 3.44. The summed E-state index contributed by atoms with van der Waals surface area (Å²) in [5, 5.41) is 3.44. The maximum Gasteiger partial charge on any atom is 0.0468 e. The van der Waals surface area contributed by atoms with Gasteiger partial charge < -0.3 is 5.32 Å². The number of hydrogen-bond donors (Lipinski definition) is 1. The molecule has 1 aliphatic heterocycles. The molecule has 1 aliphatic rings. The number of aryl methyl sites for hydroxylation is 1. The van der Waals surface area contributed by atoms with Crippen LogP contribution in [0.15, 0.2) is 12.1 Å². The molecule has 1 fully saturated rings. The maximum absolute atomic E-state index is 3.44. The number of rotatable bonds is 4. The Bertz CT molecular complexity index is 351. The molecule has 112 valence electrons. The molecule has 19 heavy (non-hydrogen) atoms. The Hall–Kier alpha value is 0.200. The van der Waals surface area contributed by atoms with Crippen molar-refractivity contribution in [2.24, 2.45) is 5.92 Å². The van der Waals surface area contributed by atoms with E-state index in [1.165, 1.54) is 24.4 Å². The fourth-order valence-electron chi connectivity index (χ4n) is 2.62. The van der Waals surface area contributed by atoms with Gasteiger partial charge in [0, 0.05) is 42.0 Å². The lowest BCUT2D eigenvalue weighted by molar-refractivity contribution is 0.131. The average molecular weight is 325 g/mol. The topological polar surface area (TPSA) is 15.3 Å². The minimum Gasteiger partial charge on any atom is -0.314 e. The van der Waals surface area contributed by atoms with E-state index in [2.05, 4.69) is 43.1 Å². The Labute approximate surface area is 133 Å². The van der Waals surface area contributed by atoms with Crippen LogP contribution in [0.1, 0.15) is 36.1 Å². The summed E-state index contributed by atoms with van der Waals surface area (Å²) in [5.74, 6) is 0.742. The summed E-state index contributed by atoms with van der Waals surface area (Å²) in [5.41, 5.74) is 0. The molecule has 2 atom stereocenters. The van der Waals surface area contributed by atoms with E-state index in [1.807, 2.05) is 11.3 Å². The lowest BCUT2D eigenvalue weighted by Crippen LogP contribution is -2.46. The van der Waals surface area contributed by atoms with E-state index in [4.69, 9.17) is 0 Å². The molecule has 0 saturated carbocycles. The summed E-state index contributed by atoms with van der Waals surface area (Å²) in [4.78, 5) is 5.65. The average Bonchev–Trinajstić information content (AvgIpc) is 2.77. The zero-order chi connectivity index (χ0) is 12.3. The van der Waals surface area contributed by atoms with Crippen LogP contribution in [0, 0.1) is 12.8 Å². The number of hydrogen-bond acceptors (Lipinski definition) is 3. The Morgan fingerprint density at radius 1 is 1.26 bits per heavy atom. The van der Waals surface area contributed by atoms with Gasteiger partial charge in [-0.05, 0) is 25.0 Å². The molecule has 2 nitrogen and oxygen atoms in total. The molecular weight excluding hydrogens is 299 g/mol. The first-order valence-electron chi connectivity index (χ1n) is 6.73. The number of nitrogens with zero attached hydrogens (tertiary/aromatic N) is 1. The molecular formula is C14H26Cl2N2S. The zero-order valence-corrected chi connectivity index (χ0v) is 14.5. The van der Waals surface area contributed by atoms with Crippen LogP contribution in [0.3, 0.4) is 0 Å². The first-order valence-corrected chi connectivity index (χ1v) is 7.55. The number of nitrogens with one attached hydrogen (secondary N) is 1. The molecule has 2 rings (SSSR count). The minimum atomic E-state index is 0. The molecule has 5 heteroatoms. The van der Waals surface area contributed by atoms with Gasteiger partial charge in [-0.3, -0.25) is 4.90 Å². The third-order valence-corrected chi connectivity index (χ3v) is 4.85. The van der Waals surface area contributed by atoms with Crippen LogP contribution in [0.4, 0.5) is 0 Å². The Morgan fingerprint density at radius 3 is 2.37 bits per heavy atom. The number of piperazine rings is 1. The van der Waals surface area contributed by atoms with Gasteiger partial charge in [0.25, 0.3) is 0 Å². The molecule has 1 unspecified atom stereocenters. The van der Waals surface area contributed by atoms with Gasteiger partial charge in [-0.15, -0.1) is 36.2 Å². The first kappa shape index (κ1) is 19.2. The molecule has 0 bridgehead atoms. The fraction of sp³-hybridized carbons (Fsp3) is 0.714. The van der Waals surface area contributed by atoms with E-state index >= 15 is 0 Å². The van der Waals surface area contributed by atoms with Crippen molar-refractivity contribution in [3.8, 4) is 0 Å². The normalized spacial score (nSPS) is 19.1. The van der Waals surface area contributed by atoms with E-state index in [1.54, 1.807) is 4.88 Å². The molecule has 1 aromatic heterocycles. The fourth-order valence-corrected chi connectivity index (χ4v) is 3.76. The smallest absolute Gasteiger partial charge is 0.0468 e. The predicted molar refractivity (Wildman–Crippen MR) is 90.2 cm³/mol. The molecule has 1 aromatic rings. The van der Waals surface area contributed by atoms with Crippen LogP contribution in [0.25, 0.3) is 0 Å². The molecule has 0 aromatic carbocycles. The SMILES string of the molecule is CCC(C)[C@H](c1ccc(C)s1)N1CCNCC1.Cl.Cl. The van der Waals surface area contributed by atoms with Gasteiger partial charge in [-0.1, -0.05) is 20.3 Å². The second-order valence-electron chi connectivity index (χ2n) is 5.06. The minimum absolute atomic E-state index is 0. The summed E-state index contributed by atoms with van der Waals surface area (Å²) in [6.45, 7) is 11.5. The summed E-state index contributed by atoms with van der Waals surface area (Å²) in [7, 11) is 0. The van der Waals surface area contributed by atoms with Crippen LogP contribution in [-0.2, 0) is 0 Å².